The van der Waals surface area contributed by atoms with Crippen LogP contribution in [0.15, 0.2) is 35.2 Å². The van der Waals surface area contributed by atoms with E-state index in [9.17, 15) is 4.79 Å². The van der Waals surface area contributed by atoms with E-state index in [0.29, 0.717) is 34.0 Å². The monoisotopic (exact) mass is 342 g/mol. The largest absolute Gasteiger partial charge is 0.335 e. The van der Waals surface area contributed by atoms with Crippen molar-refractivity contribution < 1.29 is 4.79 Å². The van der Waals surface area contributed by atoms with E-state index in [2.05, 4.69) is 26.2 Å². The molecular formula is C12H12BrClN4O. The first-order valence-electron chi connectivity index (χ1n) is 5.59. The number of hydrogen-bond acceptors (Lipinski definition) is 3. The van der Waals surface area contributed by atoms with Crippen LogP contribution in [0.2, 0.25) is 5.02 Å². The van der Waals surface area contributed by atoms with Crippen LogP contribution in [0.25, 0.3) is 0 Å². The standard InChI is InChI=1S/C12H12BrClN4O/c13-11-8(14)2-1-3-9(11)17-12(19)10-6-18(5-4-15)7-16-10/h1-3,6-7H,4-5,15H2,(H,17,19). The van der Waals surface area contributed by atoms with E-state index >= 15 is 0 Å². The van der Waals surface area contributed by atoms with Crippen LogP contribution in [0.3, 0.4) is 0 Å². The second kappa shape index (κ2) is 6.18. The molecule has 0 unspecified atom stereocenters. The van der Waals surface area contributed by atoms with Crippen molar-refractivity contribution in [2.45, 2.75) is 6.54 Å². The normalized spacial score (nSPS) is 10.5. The number of amides is 1. The third-order valence-corrected chi connectivity index (χ3v) is 3.85. The molecule has 5 nitrogen and oxygen atoms in total. The Labute approximate surface area is 123 Å². The molecular weight excluding hydrogens is 332 g/mol. The Bertz CT molecular complexity index is 599. The predicted octanol–water partition coefficient (Wildman–Crippen LogP) is 2.51. The van der Waals surface area contributed by atoms with Crippen LogP contribution in [0.1, 0.15) is 10.5 Å². The first kappa shape index (κ1) is 14.0. The smallest absolute Gasteiger partial charge is 0.275 e. The van der Waals surface area contributed by atoms with E-state index in [1.807, 2.05) is 0 Å². The lowest BCUT2D eigenvalue weighted by Gasteiger charge is -2.06. The second-order valence-corrected chi connectivity index (χ2v) is 5.04. The van der Waals surface area contributed by atoms with E-state index in [1.165, 1.54) is 0 Å². The summed E-state index contributed by atoms with van der Waals surface area (Å²) in [5, 5.41) is 3.28. The maximum absolute atomic E-state index is 12.0. The summed E-state index contributed by atoms with van der Waals surface area (Å²) in [7, 11) is 0. The summed E-state index contributed by atoms with van der Waals surface area (Å²) >= 11 is 9.28. The molecule has 2 rings (SSSR count). The molecule has 0 aliphatic carbocycles. The number of imidazole rings is 1. The average Bonchev–Trinajstić information content (AvgIpc) is 2.84. The molecule has 0 saturated carbocycles. The van der Waals surface area contributed by atoms with Gasteiger partial charge in [0.15, 0.2) is 0 Å². The highest BCUT2D eigenvalue weighted by atomic mass is 79.9. The van der Waals surface area contributed by atoms with Crippen molar-refractivity contribution in [1.29, 1.82) is 0 Å². The summed E-state index contributed by atoms with van der Waals surface area (Å²) in [6, 6.07) is 5.25. The average molecular weight is 344 g/mol. The molecule has 0 saturated heterocycles. The number of nitrogens with two attached hydrogens (primary N) is 1. The van der Waals surface area contributed by atoms with Crippen molar-refractivity contribution in [2.75, 3.05) is 11.9 Å². The minimum Gasteiger partial charge on any atom is -0.335 e. The minimum absolute atomic E-state index is 0.293. The fourth-order valence-electron chi connectivity index (χ4n) is 1.54. The first-order valence-corrected chi connectivity index (χ1v) is 6.76. The summed E-state index contributed by atoms with van der Waals surface area (Å²) in [5.41, 5.74) is 6.37. The van der Waals surface area contributed by atoms with Gasteiger partial charge in [0.25, 0.3) is 5.91 Å². The zero-order chi connectivity index (χ0) is 13.8. The SMILES string of the molecule is NCCn1cnc(C(=O)Nc2cccc(Cl)c2Br)c1. The topological polar surface area (TPSA) is 72.9 Å². The number of hydrogen-bond donors (Lipinski definition) is 2. The zero-order valence-corrected chi connectivity index (χ0v) is 12.3. The highest BCUT2D eigenvalue weighted by molar-refractivity contribution is 9.10. The molecule has 1 aromatic heterocycles. The highest BCUT2D eigenvalue weighted by Crippen LogP contribution is 2.30. The molecule has 100 valence electrons. The van der Waals surface area contributed by atoms with E-state index in [-0.39, 0.29) is 5.91 Å². The minimum atomic E-state index is -0.293. The molecule has 0 aliphatic heterocycles. The molecule has 0 spiro atoms. The van der Waals surface area contributed by atoms with Gasteiger partial charge in [-0.05, 0) is 28.1 Å². The van der Waals surface area contributed by atoms with Crippen molar-refractivity contribution in [3.63, 3.8) is 0 Å². The Kier molecular flexibility index (Phi) is 4.57. The van der Waals surface area contributed by atoms with Crippen LogP contribution in [0.5, 0.6) is 0 Å². The van der Waals surface area contributed by atoms with E-state index < -0.39 is 0 Å². The van der Waals surface area contributed by atoms with Gasteiger partial charge >= 0.3 is 0 Å². The van der Waals surface area contributed by atoms with Crippen molar-refractivity contribution >= 4 is 39.1 Å². The van der Waals surface area contributed by atoms with Gasteiger partial charge < -0.3 is 15.6 Å². The van der Waals surface area contributed by atoms with Crippen molar-refractivity contribution in [3.05, 3.63) is 45.9 Å². The van der Waals surface area contributed by atoms with Crippen LogP contribution < -0.4 is 11.1 Å². The third-order valence-electron chi connectivity index (χ3n) is 2.45. The quantitative estimate of drug-likeness (QED) is 0.896. The van der Waals surface area contributed by atoms with Crippen molar-refractivity contribution in [1.82, 2.24) is 9.55 Å². The Morgan fingerprint density at radius 1 is 1.53 bits per heavy atom. The number of aromatic nitrogens is 2. The van der Waals surface area contributed by atoms with Gasteiger partial charge in [-0.15, -0.1) is 0 Å². The molecule has 1 aromatic carbocycles. The van der Waals surface area contributed by atoms with Gasteiger partial charge in [-0.2, -0.15) is 0 Å². The maximum Gasteiger partial charge on any atom is 0.275 e. The molecule has 0 radical (unpaired) electrons. The Morgan fingerprint density at radius 2 is 2.32 bits per heavy atom. The van der Waals surface area contributed by atoms with Gasteiger partial charge in [0.05, 0.1) is 21.5 Å². The van der Waals surface area contributed by atoms with Crippen LogP contribution >= 0.6 is 27.5 Å². The highest BCUT2D eigenvalue weighted by Gasteiger charge is 2.12. The molecule has 2 aromatic rings. The molecule has 0 aliphatic rings. The molecule has 7 heteroatoms. The summed E-state index contributed by atoms with van der Waals surface area (Å²) in [4.78, 5) is 16.0. The number of rotatable bonds is 4. The van der Waals surface area contributed by atoms with Crippen LogP contribution in [0.4, 0.5) is 5.69 Å². The number of halogens is 2. The summed E-state index contributed by atoms with van der Waals surface area (Å²) in [6.45, 7) is 1.12. The van der Waals surface area contributed by atoms with Gasteiger partial charge in [-0.25, -0.2) is 4.98 Å². The molecule has 19 heavy (non-hydrogen) atoms. The van der Waals surface area contributed by atoms with Crippen molar-refractivity contribution in [3.8, 4) is 0 Å². The number of nitrogens with zero attached hydrogens (tertiary/aromatic N) is 2. The predicted molar refractivity (Wildman–Crippen MR) is 78.4 cm³/mol. The Morgan fingerprint density at radius 3 is 3.05 bits per heavy atom. The van der Waals surface area contributed by atoms with Gasteiger partial charge in [0.2, 0.25) is 0 Å². The van der Waals surface area contributed by atoms with Gasteiger partial charge in [0, 0.05) is 19.3 Å². The van der Waals surface area contributed by atoms with E-state index in [0.717, 1.165) is 0 Å². The lowest BCUT2D eigenvalue weighted by atomic mass is 10.3. The summed E-state index contributed by atoms with van der Waals surface area (Å²) < 4.78 is 2.41. The molecule has 1 amide bonds. The van der Waals surface area contributed by atoms with Crippen LogP contribution in [-0.4, -0.2) is 22.0 Å². The number of anilines is 1. The fourth-order valence-corrected chi connectivity index (χ4v) is 2.07. The van der Waals surface area contributed by atoms with Gasteiger partial charge in [-0.1, -0.05) is 17.7 Å². The van der Waals surface area contributed by atoms with Gasteiger partial charge in [0.1, 0.15) is 5.69 Å². The number of benzene rings is 1. The zero-order valence-electron chi connectivity index (χ0n) is 9.94. The molecule has 0 bridgehead atoms. The van der Waals surface area contributed by atoms with Gasteiger partial charge in [-0.3, -0.25) is 4.79 Å². The fraction of sp³-hybridized carbons (Fsp3) is 0.167. The maximum atomic E-state index is 12.0. The Hall–Kier alpha value is -1.37. The molecule has 0 fully saturated rings. The number of carbonyl (C=O) groups is 1. The molecule has 3 N–H and O–H groups in total. The van der Waals surface area contributed by atoms with E-state index in [1.54, 1.807) is 35.3 Å². The molecule has 0 atom stereocenters. The lowest BCUT2D eigenvalue weighted by molar-refractivity contribution is 0.102. The summed E-state index contributed by atoms with van der Waals surface area (Å²) in [6.07, 6.45) is 3.23. The van der Waals surface area contributed by atoms with Crippen LogP contribution in [0, 0.1) is 0 Å². The number of carbonyl (C=O) groups excluding carboxylic acids is 1. The number of nitrogens with one attached hydrogen (secondary N) is 1. The first-order chi connectivity index (χ1) is 9.11. The third kappa shape index (κ3) is 3.34. The molecule has 1 heterocycles. The lowest BCUT2D eigenvalue weighted by Crippen LogP contribution is -2.13. The Balaban J connectivity index is 2.14. The summed E-state index contributed by atoms with van der Waals surface area (Å²) in [5.74, 6) is -0.293. The van der Waals surface area contributed by atoms with Crippen LogP contribution in [-0.2, 0) is 6.54 Å². The van der Waals surface area contributed by atoms with Crippen molar-refractivity contribution in [2.24, 2.45) is 5.73 Å². The van der Waals surface area contributed by atoms with E-state index in [4.69, 9.17) is 17.3 Å². The second-order valence-electron chi connectivity index (χ2n) is 3.84.